The highest BCUT2D eigenvalue weighted by Crippen LogP contribution is 2.54. The van der Waals surface area contributed by atoms with E-state index in [4.69, 9.17) is 9.47 Å². The highest BCUT2D eigenvalue weighted by molar-refractivity contribution is 5.75. The first-order valence-corrected chi connectivity index (χ1v) is 13.2. The van der Waals surface area contributed by atoms with E-state index in [0.717, 1.165) is 76.2 Å². The number of ether oxygens (including phenoxy) is 2. The van der Waals surface area contributed by atoms with Gasteiger partial charge in [0.05, 0.1) is 13.2 Å². The summed E-state index contributed by atoms with van der Waals surface area (Å²) in [7, 11) is 0. The van der Waals surface area contributed by atoms with Crippen LogP contribution in [-0.4, -0.2) is 38.6 Å². The Morgan fingerprint density at radius 1 is 1.06 bits per heavy atom. The van der Waals surface area contributed by atoms with E-state index in [0.29, 0.717) is 18.9 Å². The molecular weight excluding hydrogens is 440 g/mol. The minimum Gasteiger partial charge on any atom is -0.493 e. The summed E-state index contributed by atoms with van der Waals surface area (Å²) >= 11 is 0. The topological polar surface area (TPSA) is 76.7 Å². The highest BCUT2D eigenvalue weighted by Gasteiger charge is 2.40. The van der Waals surface area contributed by atoms with Gasteiger partial charge >= 0.3 is 0 Å². The molecule has 4 aliphatic rings. The van der Waals surface area contributed by atoms with Gasteiger partial charge in [0, 0.05) is 60.9 Å². The predicted molar refractivity (Wildman–Crippen MR) is 134 cm³/mol. The average Bonchev–Trinajstić information content (AvgIpc) is 3.66. The zero-order valence-electron chi connectivity index (χ0n) is 20.5. The summed E-state index contributed by atoms with van der Waals surface area (Å²) < 4.78 is 12.2. The molecule has 6 heteroatoms. The molecule has 0 saturated heterocycles. The monoisotopic (exact) mass is 474 g/mol. The summed E-state index contributed by atoms with van der Waals surface area (Å²) in [6.45, 7) is 4.78. The van der Waals surface area contributed by atoms with Gasteiger partial charge in [0.2, 0.25) is 12.3 Å². The number of aryl methyl sites for hydroxylation is 1. The van der Waals surface area contributed by atoms with Gasteiger partial charge in [-0.05, 0) is 59.9 Å². The molecule has 1 unspecified atom stereocenters. The minimum atomic E-state index is 0.107. The Bertz CT molecular complexity index is 1170. The van der Waals surface area contributed by atoms with Gasteiger partial charge in [-0.1, -0.05) is 19.1 Å². The first-order valence-electron chi connectivity index (χ1n) is 13.2. The van der Waals surface area contributed by atoms with Gasteiger partial charge in [0.25, 0.3) is 0 Å². The van der Waals surface area contributed by atoms with Crippen LogP contribution in [0.1, 0.15) is 89.3 Å². The molecule has 2 aliphatic heterocycles. The molecule has 0 spiro atoms. The summed E-state index contributed by atoms with van der Waals surface area (Å²) in [6, 6.07) is 6.83. The fourth-order valence-corrected chi connectivity index (χ4v) is 7.02. The number of fused-ring (bicyclic) bond motifs is 6. The third-order valence-electron chi connectivity index (χ3n) is 8.53. The molecular formula is C29H34N2O4. The molecule has 0 aromatic heterocycles. The lowest BCUT2D eigenvalue weighted by atomic mass is 9.84. The number of benzene rings is 2. The Morgan fingerprint density at radius 2 is 1.91 bits per heavy atom. The molecule has 2 N–H and O–H groups in total. The second kappa shape index (κ2) is 9.21. The number of hydrogen-bond acceptors (Lipinski definition) is 4. The summed E-state index contributed by atoms with van der Waals surface area (Å²) in [5, 5.41) is 6.00. The van der Waals surface area contributed by atoms with Gasteiger partial charge in [-0.15, -0.1) is 0 Å². The van der Waals surface area contributed by atoms with Crippen molar-refractivity contribution >= 4 is 12.3 Å². The van der Waals surface area contributed by atoms with Crippen LogP contribution in [0, 0.1) is 0 Å². The van der Waals surface area contributed by atoms with Gasteiger partial charge in [-0.3, -0.25) is 9.59 Å². The predicted octanol–water partition coefficient (Wildman–Crippen LogP) is 3.87. The van der Waals surface area contributed by atoms with Crippen LogP contribution < -0.4 is 20.1 Å². The lowest BCUT2D eigenvalue weighted by molar-refractivity contribution is -0.120. The van der Waals surface area contributed by atoms with E-state index in [1.165, 1.54) is 38.9 Å². The second-order valence-electron chi connectivity index (χ2n) is 10.3. The molecule has 2 aromatic carbocycles. The lowest BCUT2D eigenvalue weighted by Gasteiger charge is -2.21. The minimum absolute atomic E-state index is 0.107. The third kappa shape index (κ3) is 3.78. The third-order valence-corrected chi connectivity index (χ3v) is 8.53. The Kier molecular flexibility index (Phi) is 5.91. The van der Waals surface area contributed by atoms with Crippen LogP contribution in [-0.2, 0) is 28.9 Å². The first kappa shape index (κ1) is 22.4. The zero-order chi connectivity index (χ0) is 23.9. The highest BCUT2D eigenvalue weighted by atomic mass is 16.5. The first-order chi connectivity index (χ1) is 17.2. The summed E-state index contributed by atoms with van der Waals surface area (Å²) in [4.78, 5) is 22.8. The van der Waals surface area contributed by atoms with E-state index in [2.05, 4.69) is 28.8 Å². The number of rotatable bonds is 8. The van der Waals surface area contributed by atoms with Crippen molar-refractivity contribution in [3.8, 4) is 11.5 Å². The molecule has 6 rings (SSSR count). The number of hydrogen-bond donors (Lipinski definition) is 2. The van der Waals surface area contributed by atoms with Crippen molar-refractivity contribution < 1.29 is 19.1 Å². The Morgan fingerprint density at radius 3 is 2.77 bits per heavy atom. The van der Waals surface area contributed by atoms with E-state index >= 15 is 0 Å². The molecule has 2 amide bonds. The second-order valence-corrected chi connectivity index (χ2v) is 10.3. The van der Waals surface area contributed by atoms with Gasteiger partial charge in [-0.25, -0.2) is 0 Å². The van der Waals surface area contributed by atoms with E-state index < -0.39 is 0 Å². The van der Waals surface area contributed by atoms with Crippen molar-refractivity contribution in [3.05, 3.63) is 57.1 Å². The van der Waals surface area contributed by atoms with Crippen LogP contribution in [0.15, 0.2) is 18.2 Å². The van der Waals surface area contributed by atoms with Gasteiger partial charge in [-0.2, -0.15) is 0 Å². The molecule has 0 radical (unpaired) electrons. The SMILES string of the molecule is CCC(=O)NC[C@@H]1CC(c2cc3c(c4c2OCC4)[C@H](CCNC=O)CC3)c2ccc3c(c21)CCO3. The van der Waals surface area contributed by atoms with Crippen molar-refractivity contribution in [1.82, 2.24) is 10.6 Å². The number of carbonyl (C=O) groups excluding carboxylic acids is 2. The van der Waals surface area contributed by atoms with Crippen molar-refractivity contribution in [3.63, 3.8) is 0 Å². The van der Waals surface area contributed by atoms with Crippen LogP contribution >= 0.6 is 0 Å². The average molecular weight is 475 g/mol. The molecule has 0 fully saturated rings. The maximum Gasteiger partial charge on any atom is 0.219 e. The summed E-state index contributed by atoms with van der Waals surface area (Å²) in [5.74, 6) is 3.27. The Labute approximate surface area is 206 Å². The van der Waals surface area contributed by atoms with E-state index in [-0.39, 0.29) is 17.7 Å². The molecule has 184 valence electrons. The molecule has 2 aromatic rings. The molecule has 2 heterocycles. The summed E-state index contributed by atoms with van der Waals surface area (Å²) in [6.07, 6.45) is 7.42. The molecule has 3 atom stereocenters. The maximum atomic E-state index is 12.1. The number of carbonyl (C=O) groups is 2. The van der Waals surface area contributed by atoms with Crippen molar-refractivity contribution in [1.29, 1.82) is 0 Å². The van der Waals surface area contributed by atoms with Crippen LogP contribution in [0.3, 0.4) is 0 Å². The molecule has 35 heavy (non-hydrogen) atoms. The lowest BCUT2D eigenvalue weighted by Crippen LogP contribution is -2.27. The van der Waals surface area contributed by atoms with Crippen LogP contribution in [0.2, 0.25) is 0 Å². The fourth-order valence-electron chi connectivity index (χ4n) is 7.02. The number of nitrogens with one attached hydrogen (secondary N) is 2. The van der Waals surface area contributed by atoms with E-state index in [1.807, 2.05) is 6.92 Å². The fraction of sp³-hybridized carbons (Fsp3) is 0.517. The largest absolute Gasteiger partial charge is 0.493 e. The normalized spacial score (nSPS) is 23.1. The molecule has 6 nitrogen and oxygen atoms in total. The molecule has 2 aliphatic carbocycles. The van der Waals surface area contributed by atoms with Crippen molar-refractivity contribution in [2.45, 2.75) is 69.6 Å². The van der Waals surface area contributed by atoms with Crippen molar-refractivity contribution in [2.24, 2.45) is 0 Å². The molecule has 0 bridgehead atoms. The van der Waals surface area contributed by atoms with Gasteiger partial charge in [0.1, 0.15) is 11.5 Å². The van der Waals surface area contributed by atoms with Crippen molar-refractivity contribution in [2.75, 3.05) is 26.3 Å². The van der Waals surface area contributed by atoms with Gasteiger partial charge in [0.15, 0.2) is 0 Å². The van der Waals surface area contributed by atoms with Crippen LogP contribution in [0.5, 0.6) is 11.5 Å². The Hall–Kier alpha value is -3.02. The number of amides is 2. The van der Waals surface area contributed by atoms with Crippen LogP contribution in [0.4, 0.5) is 0 Å². The van der Waals surface area contributed by atoms with E-state index in [1.54, 1.807) is 0 Å². The standard InChI is InChI=1S/C29H34N2O4/c1-2-26(33)31-15-19-14-23(20-5-6-25-21(28(19)20)8-11-34-25)24-13-18-4-3-17(7-10-30-16-32)27(18)22-9-12-35-29(22)24/h5-6,13,16-17,19,23H,2-4,7-12,14-15H2,1H3,(H,30,32)(H,31,33)/t17-,19-,23?/m0/s1. The molecule has 0 saturated carbocycles. The maximum absolute atomic E-state index is 12.1. The quantitative estimate of drug-likeness (QED) is 0.450. The van der Waals surface area contributed by atoms with Gasteiger partial charge < -0.3 is 20.1 Å². The van der Waals surface area contributed by atoms with E-state index in [9.17, 15) is 9.59 Å². The Balaban J connectivity index is 1.38. The van der Waals surface area contributed by atoms with Crippen LogP contribution in [0.25, 0.3) is 0 Å². The summed E-state index contributed by atoms with van der Waals surface area (Å²) in [5.41, 5.74) is 9.80. The smallest absolute Gasteiger partial charge is 0.219 e. The zero-order valence-corrected chi connectivity index (χ0v) is 20.5.